The standard InChI is InChI=1S/C15H22F4N2O2S/c1-9-6-11(10(2)21-24(22)14(3,4)5)7-20-12(9)23-8-15(18,19)13(16)17/h6-7,10,13,21H,8H2,1-5H3/t10-,24-/m1/s1. The molecule has 0 saturated heterocycles. The van der Waals surface area contributed by atoms with Gasteiger partial charge < -0.3 is 9.29 Å². The first-order chi connectivity index (χ1) is 10.8. The van der Waals surface area contributed by atoms with E-state index >= 15 is 0 Å². The second kappa shape index (κ2) is 7.88. The fourth-order valence-electron chi connectivity index (χ4n) is 1.60. The highest BCUT2D eigenvalue weighted by Gasteiger charge is 2.42. The van der Waals surface area contributed by atoms with Gasteiger partial charge in [-0.05, 0) is 46.2 Å². The summed E-state index contributed by atoms with van der Waals surface area (Å²) in [6, 6.07) is 1.33. The van der Waals surface area contributed by atoms with E-state index in [2.05, 4.69) is 9.71 Å². The summed E-state index contributed by atoms with van der Waals surface area (Å²) >= 11 is -1.29. The van der Waals surface area contributed by atoms with Gasteiger partial charge in [0.05, 0.1) is 6.04 Å². The zero-order chi connectivity index (χ0) is 18.7. The number of alkyl halides is 4. The molecule has 1 heterocycles. The third-order valence-electron chi connectivity index (χ3n) is 3.11. The SMILES string of the molecule is Cc1cc([C@@H](C)N[S@+]([O-])C(C)(C)C)cnc1OCC(F)(F)C(F)F. The minimum atomic E-state index is -4.23. The average Bonchev–Trinajstić information content (AvgIpc) is 2.44. The van der Waals surface area contributed by atoms with Crippen LogP contribution in [0.1, 0.15) is 44.9 Å². The van der Waals surface area contributed by atoms with Crippen molar-refractivity contribution >= 4 is 11.4 Å². The molecule has 0 fully saturated rings. The maximum absolute atomic E-state index is 12.9. The molecule has 24 heavy (non-hydrogen) atoms. The maximum atomic E-state index is 12.9. The molecule has 1 rings (SSSR count). The molecule has 0 amide bonds. The molecule has 0 unspecified atom stereocenters. The maximum Gasteiger partial charge on any atom is 0.340 e. The first-order valence-electron chi connectivity index (χ1n) is 7.28. The molecule has 0 bridgehead atoms. The van der Waals surface area contributed by atoms with Gasteiger partial charge in [0, 0.05) is 23.1 Å². The van der Waals surface area contributed by atoms with E-state index in [0.29, 0.717) is 11.1 Å². The number of hydrogen-bond donors (Lipinski definition) is 1. The van der Waals surface area contributed by atoms with Gasteiger partial charge >= 0.3 is 12.3 Å². The molecular weight excluding hydrogens is 348 g/mol. The Bertz CT molecular complexity index is 553. The zero-order valence-corrected chi connectivity index (χ0v) is 15.0. The normalized spacial score (nSPS) is 15.5. The Morgan fingerprint density at radius 2 is 1.92 bits per heavy atom. The summed E-state index contributed by atoms with van der Waals surface area (Å²) in [4.78, 5) is 3.89. The van der Waals surface area contributed by atoms with Gasteiger partial charge in [-0.2, -0.15) is 8.78 Å². The Kier molecular flexibility index (Phi) is 6.89. The number of hydrogen-bond acceptors (Lipinski definition) is 4. The number of nitrogens with zero attached hydrogens (tertiary/aromatic N) is 1. The van der Waals surface area contributed by atoms with Crippen LogP contribution in [-0.2, 0) is 11.4 Å². The summed E-state index contributed by atoms with van der Waals surface area (Å²) in [6.07, 6.45) is -2.42. The molecule has 0 aliphatic heterocycles. The lowest BCUT2D eigenvalue weighted by molar-refractivity contribution is -0.148. The lowest BCUT2D eigenvalue weighted by Gasteiger charge is -2.26. The molecule has 2 atom stereocenters. The van der Waals surface area contributed by atoms with Crippen LogP contribution >= 0.6 is 0 Å². The topological polar surface area (TPSA) is 57.2 Å². The molecule has 0 aliphatic carbocycles. The Hall–Kier alpha value is -1.06. The summed E-state index contributed by atoms with van der Waals surface area (Å²) in [5.41, 5.74) is 1.10. The Morgan fingerprint density at radius 1 is 1.33 bits per heavy atom. The summed E-state index contributed by atoms with van der Waals surface area (Å²) in [5.74, 6) is -4.37. The van der Waals surface area contributed by atoms with Crippen molar-refractivity contribution < 1.29 is 26.9 Å². The van der Waals surface area contributed by atoms with Crippen molar-refractivity contribution in [2.75, 3.05) is 6.61 Å². The van der Waals surface area contributed by atoms with Gasteiger partial charge in [0.2, 0.25) is 5.88 Å². The van der Waals surface area contributed by atoms with Gasteiger partial charge in [-0.3, -0.25) is 0 Å². The van der Waals surface area contributed by atoms with Crippen molar-refractivity contribution in [1.29, 1.82) is 0 Å². The van der Waals surface area contributed by atoms with Gasteiger partial charge in [-0.15, -0.1) is 4.72 Å². The van der Waals surface area contributed by atoms with Crippen LogP contribution in [0.15, 0.2) is 12.3 Å². The third-order valence-corrected chi connectivity index (χ3v) is 4.79. The highest BCUT2D eigenvalue weighted by molar-refractivity contribution is 7.90. The van der Waals surface area contributed by atoms with Crippen molar-refractivity contribution in [3.63, 3.8) is 0 Å². The first kappa shape index (κ1) is 21.0. The molecule has 0 radical (unpaired) electrons. The molecule has 9 heteroatoms. The lowest BCUT2D eigenvalue weighted by Crippen LogP contribution is -2.40. The summed E-state index contributed by atoms with van der Waals surface area (Å²) in [7, 11) is 0. The molecule has 0 spiro atoms. The van der Waals surface area contributed by atoms with E-state index in [4.69, 9.17) is 4.74 Å². The van der Waals surface area contributed by atoms with Crippen molar-refractivity contribution in [1.82, 2.24) is 9.71 Å². The molecular formula is C15H22F4N2O2S. The van der Waals surface area contributed by atoms with E-state index < -0.39 is 35.1 Å². The molecule has 1 N–H and O–H groups in total. The average molecular weight is 370 g/mol. The van der Waals surface area contributed by atoms with Crippen molar-refractivity contribution in [3.05, 3.63) is 23.4 Å². The summed E-state index contributed by atoms with van der Waals surface area (Å²) < 4.78 is 69.3. The van der Waals surface area contributed by atoms with Crippen LogP contribution in [0.5, 0.6) is 5.88 Å². The fraction of sp³-hybridized carbons (Fsp3) is 0.667. The monoisotopic (exact) mass is 370 g/mol. The van der Waals surface area contributed by atoms with Gasteiger partial charge in [-0.25, -0.2) is 13.8 Å². The second-order valence-electron chi connectivity index (χ2n) is 6.46. The number of nitrogens with one attached hydrogen (secondary N) is 1. The highest BCUT2D eigenvalue weighted by Crippen LogP contribution is 2.26. The molecule has 0 aromatic carbocycles. The van der Waals surface area contributed by atoms with Crippen LogP contribution in [0.3, 0.4) is 0 Å². The number of aromatic nitrogens is 1. The quantitative estimate of drug-likeness (QED) is 0.586. The van der Waals surface area contributed by atoms with E-state index in [-0.39, 0.29) is 11.9 Å². The van der Waals surface area contributed by atoms with E-state index in [1.807, 2.05) is 20.8 Å². The van der Waals surface area contributed by atoms with Crippen LogP contribution in [0.25, 0.3) is 0 Å². The number of ether oxygens (including phenoxy) is 1. The van der Waals surface area contributed by atoms with Crippen molar-refractivity contribution in [2.45, 2.75) is 57.8 Å². The number of rotatable bonds is 7. The Morgan fingerprint density at radius 3 is 2.38 bits per heavy atom. The zero-order valence-electron chi connectivity index (χ0n) is 14.2. The number of halogens is 4. The van der Waals surface area contributed by atoms with E-state index in [9.17, 15) is 22.1 Å². The van der Waals surface area contributed by atoms with E-state index in [1.54, 1.807) is 19.9 Å². The van der Waals surface area contributed by atoms with Crippen LogP contribution in [-0.4, -0.2) is 33.2 Å². The Balaban J connectivity index is 2.77. The van der Waals surface area contributed by atoms with E-state index in [0.717, 1.165) is 0 Å². The molecule has 1 aromatic rings. The van der Waals surface area contributed by atoms with Crippen molar-refractivity contribution in [3.8, 4) is 5.88 Å². The largest absolute Gasteiger partial charge is 0.598 e. The summed E-state index contributed by atoms with van der Waals surface area (Å²) in [6.45, 7) is 7.39. The smallest absolute Gasteiger partial charge is 0.340 e. The molecule has 138 valence electrons. The minimum absolute atomic E-state index is 0.136. The number of aryl methyl sites for hydroxylation is 1. The van der Waals surface area contributed by atoms with Gasteiger partial charge in [0.15, 0.2) is 6.61 Å². The lowest BCUT2D eigenvalue weighted by atomic mass is 10.1. The number of pyridine rings is 1. The fourth-order valence-corrected chi connectivity index (χ4v) is 2.42. The van der Waals surface area contributed by atoms with E-state index in [1.165, 1.54) is 6.20 Å². The minimum Gasteiger partial charge on any atom is -0.598 e. The Labute approximate surface area is 142 Å². The van der Waals surface area contributed by atoms with Crippen LogP contribution in [0.2, 0.25) is 0 Å². The first-order valence-corrected chi connectivity index (χ1v) is 8.43. The predicted molar refractivity (Wildman–Crippen MR) is 84.9 cm³/mol. The molecule has 0 aliphatic rings. The molecule has 0 saturated carbocycles. The van der Waals surface area contributed by atoms with Crippen molar-refractivity contribution in [2.24, 2.45) is 0 Å². The molecule has 1 aromatic heterocycles. The predicted octanol–water partition coefficient (Wildman–Crippen LogP) is 3.78. The van der Waals surface area contributed by atoms with Crippen LogP contribution < -0.4 is 9.46 Å². The van der Waals surface area contributed by atoms with Gasteiger partial charge in [-0.1, -0.05) is 0 Å². The van der Waals surface area contributed by atoms with Gasteiger partial charge in [0.1, 0.15) is 4.75 Å². The van der Waals surface area contributed by atoms with Gasteiger partial charge in [0.25, 0.3) is 0 Å². The highest BCUT2D eigenvalue weighted by atomic mass is 32.2. The summed E-state index contributed by atoms with van der Waals surface area (Å²) in [5, 5.41) is 0. The second-order valence-corrected chi connectivity index (χ2v) is 8.46. The molecule has 4 nitrogen and oxygen atoms in total. The van der Waals surface area contributed by atoms with Crippen LogP contribution in [0, 0.1) is 6.92 Å². The van der Waals surface area contributed by atoms with Crippen LogP contribution in [0.4, 0.5) is 17.6 Å². The third kappa shape index (κ3) is 5.78.